The van der Waals surface area contributed by atoms with E-state index in [-0.39, 0.29) is 0 Å². The van der Waals surface area contributed by atoms with Gasteiger partial charge in [-0.15, -0.1) is 11.3 Å². The minimum absolute atomic E-state index is 0.333. The number of hydrogen-bond donors (Lipinski definition) is 1. The van der Waals surface area contributed by atoms with Crippen LogP contribution in [-0.2, 0) is 6.18 Å². The topological polar surface area (TPSA) is 50.7 Å². The van der Waals surface area contributed by atoms with Crippen LogP contribution in [0.2, 0.25) is 0 Å². The molecule has 3 rings (SSSR count). The second-order valence-corrected chi connectivity index (χ2v) is 5.23. The van der Waals surface area contributed by atoms with Gasteiger partial charge in [0.25, 0.3) is 0 Å². The number of alkyl halides is 3. The molecule has 0 bridgehead atoms. The van der Waals surface area contributed by atoms with Gasteiger partial charge in [0.1, 0.15) is 6.33 Å². The van der Waals surface area contributed by atoms with E-state index < -0.39 is 11.7 Å². The first-order chi connectivity index (χ1) is 10.5. The highest BCUT2D eigenvalue weighted by Crippen LogP contribution is 2.32. The molecule has 8 heteroatoms. The molecule has 0 spiro atoms. The van der Waals surface area contributed by atoms with Gasteiger partial charge in [-0.05, 0) is 18.2 Å². The molecule has 112 valence electrons. The molecule has 0 saturated heterocycles. The molecule has 2 heterocycles. The molecule has 0 aliphatic carbocycles. The first kappa shape index (κ1) is 14.5. The van der Waals surface area contributed by atoms with Crippen molar-refractivity contribution in [3.63, 3.8) is 0 Å². The van der Waals surface area contributed by atoms with Gasteiger partial charge >= 0.3 is 6.18 Å². The molecular weight excluding hydrogens is 313 g/mol. The smallest absolute Gasteiger partial charge is 0.332 e. The SMILES string of the molecule is FC(F)(F)c1cccc(Nc2nc(-c3cncnc3)cs2)c1. The second-order valence-electron chi connectivity index (χ2n) is 4.37. The lowest BCUT2D eigenvalue weighted by molar-refractivity contribution is -0.137. The molecule has 0 amide bonds. The predicted molar refractivity (Wildman–Crippen MR) is 77.9 cm³/mol. The fourth-order valence-electron chi connectivity index (χ4n) is 1.79. The summed E-state index contributed by atoms with van der Waals surface area (Å²) in [6.45, 7) is 0. The number of rotatable bonds is 3. The molecule has 1 N–H and O–H groups in total. The summed E-state index contributed by atoms with van der Waals surface area (Å²) in [4.78, 5) is 12.1. The molecule has 0 aliphatic rings. The maximum Gasteiger partial charge on any atom is 0.416 e. The first-order valence-corrected chi connectivity index (χ1v) is 7.05. The summed E-state index contributed by atoms with van der Waals surface area (Å²) in [5, 5.41) is 5.16. The Morgan fingerprint density at radius 1 is 1.09 bits per heavy atom. The number of nitrogens with zero attached hydrogens (tertiary/aromatic N) is 3. The van der Waals surface area contributed by atoms with Crippen LogP contribution in [0.25, 0.3) is 11.3 Å². The zero-order chi connectivity index (χ0) is 15.6. The summed E-state index contributed by atoms with van der Waals surface area (Å²) in [6.07, 6.45) is 0.289. The number of hydrogen-bond acceptors (Lipinski definition) is 5. The van der Waals surface area contributed by atoms with Crippen LogP contribution in [0.4, 0.5) is 24.0 Å². The Morgan fingerprint density at radius 2 is 1.86 bits per heavy atom. The summed E-state index contributed by atoms with van der Waals surface area (Å²) in [5.41, 5.74) is 1.04. The minimum atomic E-state index is -4.37. The average molecular weight is 322 g/mol. The van der Waals surface area contributed by atoms with Crippen molar-refractivity contribution in [3.05, 3.63) is 53.9 Å². The fraction of sp³-hybridized carbons (Fsp3) is 0.0714. The third-order valence-electron chi connectivity index (χ3n) is 2.80. The van der Waals surface area contributed by atoms with Crippen molar-refractivity contribution in [1.29, 1.82) is 0 Å². The fourth-order valence-corrected chi connectivity index (χ4v) is 2.53. The van der Waals surface area contributed by atoms with E-state index in [0.29, 0.717) is 16.5 Å². The van der Waals surface area contributed by atoms with Crippen LogP contribution >= 0.6 is 11.3 Å². The summed E-state index contributed by atoms with van der Waals surface area (Å²) in [7, 11) is 0. The lowest BCUT2D eigenvalue weighted by atomic mass is 10.2. The number of anilines is 2. The lowest BCUT2D eigenvalue weighted by Gasteiger charge is -2.08. The van der Waals surface area contributed by atoms with E-state index in [4.69, 9.17) is 0 Å². The summed E-state index contributed by atoms with van der Waals surface area (Å²) in [5.74, 6) is 0. The summed E-state index contributed by atoms with van der Waals surface area (Å²) >= 11 is 1.29. The molecule has 0 saturated carbocycles. The monoisotopic (exact) mass is 322 g/mol. The van der Waals surface area contributed by atoms with E-state index in [1.54, 1.807) is 23.8 Å². The molecule has 0 radical (unpaired) electrons. The maximum atomic E-state index is 12.7. The number of aromatic nitrogens is 3. The number of benzene rings is 1. The van der Waals surface area contributed by atoms with Gasteiger partial charge in [-0.2, -0.15) is 13.2 Å². The van der Waals surface area contributed by atoms with Crippen molar-refractivity contribution in [3.8, 4) is 11.3 Å². The van der Waals surface area contributed by atoms with E-state index in [1.807, 2.05) is 0 Å². The Bertz CT molecular complexity index is 771. The van der Waals surface area contributed by atoms with Gasteiger partial charge in [0.15, 0.2) is 5.13 Å². The molecule has 4 nitrogen and oxygen atoms in total. The summed E-state index contributed by atoms with van der Waals surface area (Å²) in [6, 6.07) is 4.99. The highest BCUT2D eigenvalue weighted by atomic mass is 32.1. The molecule has 0 atom stereocenters. The number of thiazole rings is 1. The van der Waals surface area contributed by atoms with E-state index in [1.165, 1.54) is 23.7 Å². The van der Waals surface area contributed by atoms with Gasteiger partial charge in [-0.1, -0.05) is 6.07 Å². The van der Waals surface area contributed by atoms with Crippen LogP contribution in [0.3, 0.4) is 0 Å². The van der Waals surface area contributed by atoms with Crippen molar-refractivity contribution in [2.45, 2.75) is 6.18 Å². The molecule has 22 heavy (non-hydrogen) atoms. The molecule has 1 aromatic carbocycles. The molecule has 2 aromatic heterocycles. The van der Waals surface area contributed by atoms with Gasteiger partial charge in [0.2, 0.25) is 0 Å². The zero-order valence-electron chi connectivity index (χ0n) is 11.0. The normalized spacial score (nSPS) is 11.4. The van der Waals surface area contributed by atoms with Crippen molar-refractivity contribution in [1.82, 2.24) is 15.0 Å². The van der Waals surface area contributed by atoms with E-state index in [0.717, 1.165) is 17.7 Å². The lowest BCUT2D eigenvalue weighted by Crippen LogP contribution is -2.05. The Balaban J connectivity index is 1.81. The second kappa shape index (κ2) is 5.72. The Labute approximate surface area is 127 Å². The minimum Gasteiger partial charge on any atom is -0.332 e. The predicted octanol–water partition coefficient (Wildman–Crippen LogP) is 4.36. The van der Waals surface area contributed by atoms with Gasteiger partial charge in [0.05, 0.1) is 11.3 Å². The highest BCUT2D eigenvalue weighted by molar-refractivity contribution is 7.14. The number of nitrogens with one attached hydrogen (secondary N) is 1. The van der Waals surface area contributed by atoms with E-state index >= 15 is 0 Å². The van der Waals surface area contributed by atoms with Crippen molar-refractivity contribution in [2.24, 2.45) is 0 Å². The molecular formula is C14H9F3N4S. The van der Waals surface area contributed by atoms with Crippen LogP contribution < -0.4 is 5.32 Å². The van der Waals surface area contributed by atoms with Crippen LogP contribution in [0, 0.1) is 0 Å². The third-order valence-corrected chi connectivity index (χ3v) is 3.56. The first-order valence-electron chi connectivity index (χ1n) is 6.17. The van der Waals surface area contributed by atoms with E-state index in [2.05, 4.69) is 20.3 Å². The van der Waals surface area contributed by atoms with Crippen molar-refractivity contribution < 1.29 is 13.2 Å². The van der Waals surface area contributed by atoms with Gasteiger partial charge < -0.3 is 5.32 Å². The quantitative estimate of drug-likeness (QED) is 0.778. The Hall–Kier alpha value is -2.48. The van der Waals surface area contributed by atoms with Crippen LogP contribution in [0.5, 0.6) is 0 Å². The Kier molecular flexibility index (Phi) is 3.76. The van der Waals surface area contributed by atoms with Crippen LogP contribution in [0.15, 0.2) is 48.4 Å². The standard InChI is InChI=1S/C14H9F3N4S/c15-14(16,17)10-2-1-3-11(4-10)20-13-21-12(7-22-13)9-5-18-8-19-6-9/h1-8H,(H,20,21). The maximum absolute atomic E-state index is 12.7. The van der Waals surface area contributed by atoms with Crippen LogP contribution in [-0.4, -0.2) is 15.0 Å². The average Bonchev–Trinajstić information content (AvgIpc) is 2.96. The van der Waals surface area contributed by atoms with Gasteiger partial charge in [0, 0.05) is 29.0 Å². The zero-order valence-corrected chi connectivity index (χ0v) is 11.8. The largest absolute Gasteiger partial charge is 0.416 e. The molecule has 3 aromatic rings. The third kappa shape index (κ3) is 3.22. The van der Waals surface area contributed by atoms with Gasteiger partial charge in [-0.25, -0.2) is 15.0 Å². The van der Waals surface area contributed by atoms with Gasteiger partial charge in [-0.3, -0.25) is 0 Å². The molecule has 0 fully saturated rings. The van der Waals surface area contributed by atoms with Crippen LogP contribution in [0.1, 0.15) is 5.56 Å². The highest BCUT2D eigenvalue weighted by Gasteiger charge is 2.30. The van der Waals surface area contributed by atoms with E-state index in [9.17, 15) is 13.2 Å². The van der Waals surface area contributed by atoms with Crippen molar-refractivity contribution >= 4 is 22.2 Å². The van der Waals surface area contributed by atoms with Crippen molar-refractivity contribution in [2.75, 3.05) is 5.32 Å². The molecule has 0 aliphatic heterocycles. The molecule has 0 unspecified atom stereocenters. The number of halogens is 3. The Morgan fingerprint density at radius 3 is 2.59 bits per heavy atom. The summed E-state index contributed by atoms with van der Waals surface area (Å²) < 4.78 is 38.0.